The molecule has 1 saturated carbocycles. The van der Waals surface area contributed by atoms with Gasteiger partial charge in [-0.15, -0.1) is 0 Å². The van der Waals surface area contributed by atoms with Crippen LogP contribution in [-0.2, 0) is 20.5 Å². The quantitative estimate of drug-likeness (QED) is 0.895. The molecule has 3 rings (SSSR count). The van der Waals surface area contributed by atoms with Crippen molar-refractivity contribution >= 4 is 10.0 Å². The number of benzene rings is 1. The fourth-order valence-electron chi connectivity index (χ4n) is 2.79. The molecule has 21 heavy (non-hydrogen) atoms. The maximum atomic E-state index is 12.3. The van der Waals surface area contributed by atoms with Crippen molar-refractivity contribution in [3.63, 3.8) is 0 Å². The summed E-state index contributed by atoms with van der Waals surface area (Å²) in [5.41, 5.74) is 1.21. The lowest BCUT2D eigenvalue weighted by molar-refractivity contribution is 0.0848. The predicted molar refractivity (Wildman–Crippen MR) is 77.8 cm³/mol. The molecular weight excluding hydrogens is 288 g/mol. The molecule has 2 atom stereocenters. The number of sulfonamides is 1. The van der Waals surface area contributed by atoms with E-state index in [2.05, 4.69) is 4.72 Å². The van der Waals surface area contributed by atoms with Gasteiger partial charge in [0, 0.05) is 6.61 Å². The lowest BCUT2D eigenvalue weighted by Crippen LogP contribution is -2.41. The van der Waals surface area contributed by atoms with E-state index in [1.165, 1.54) is 0 Å². The Morgan fingerprint density at radius 2 is 1.95 bits per heavy atom. The van der Waals surface area contributed by atoms with Gasteiger partial charge in [-0.05, 0) is 42.9 Å². The van der Waals surface area contributed by atoms with Gasteiger partial charge in [0.25, 0.3) is 0 Å². The second-order valence-electron chi connectivity index (χ2n) is 5.75. The SMILES string of the molecule is N#Cc1ccc(CS(=O)(=O)NC2CCOC2C2CC2)cc1. The Kier molecular flexibility index (Phi) is 3.98. The lowest BCUT2D eigenvalue weighted by atomic mass is 10.1. The van der Waals surface area contributed by atoms with Crippen LogP contribution in [0.1, 0.15) is 30.4 Å². The summed E-state index contributed by atoms with van der Waals surface area (Å²) in [5, 5.41) is 8.74. The zero-order chi connectivity index (χ0) is 14.9. The van der Waals surface area contributed by atoms with Gasteiger partial charge in [-0.3, -0.25) is 0 Å². The van der Waals surface area contributed by atoms with Crippen LogP contribution in [0.4, 0.5) is 0 Å². The monoisotopic (exact) mass is 306 g/mol. The van der Waals surface area contributed by atoms with E-state index in [1.807, 2.05) is 6.07 Å². The van der Waals surface area contributed by atoms with Gasteiger partial charge in [0.05, 0.1) is 29.5 Å². The number of nitrogens with one attached hydrogen (secondary N) is 1. The summed E-state index contributed by atoms with van der Waals surface area (Å²) in [6, 6.07) is 8.56. The first-order valence-corrected chi connectivity index (χ1v) is 8.83. The Bertz CT molecular complexity index is 644. The van der Waals surface area contributed by atoms with Gasteiger partial charge in [-0.25, -0.2) is 13.1 Å². The number of hydrogen-bond donors (Lipinski definition) is 1. The van der Waals surface area contributed by atoms with Crippen LogP contribution in [-0.4, -0.2) is 27.2 Å². The molecule has 0 spiro atoms. The molecule has 5 nitrogen and oxygen atoms in total. The Morgan fingerprint density at radius 1 is 1.24 bits per heavy atom. The Balaban J connectivity index is 1.64. The Morgan fingerprint density at radius 3 is 2.57 bits per heavy atom. The second kappa shape index (κ2) is 5.76. The van der Waals surface area contributed by atoms with Crippen LogP contribution in [0.3, 0.4) is 0 Å². The van der Waals surface area contributed by atoms with E-state index in [-0.39, 0.29) is 17.9 Å². The maximum absolute atomic E-state index is 12.3. The highest BCUT2D eigenvalue weighted by Crippen LogP contribution is 2.38. The number of ether oxygens (including phenoxy) is 1. The molecule has 1 aromatic rings. The number of rotatable bonds is 5. The largest absolute Gasteiger partial charge is 0.376 e. The summed E-state index contributed by atoms with van der Waals surface area (Å²) in [7, 11) is -3.39. The molecule has 0 amide bonds. The van der Waals surface area contributed by atoms with Crippen molar-refractivity contribution in [1.82, 2.24) is 4.72 Å². The molecule has 1 aliphatic heterocycles. The van der Waals surface area contributed by atoms with Gasteiger partial charge >= 0.3 is 0 Å². The predicted octanol–water partition coefficient (Wildman–Crippen LogP) is 1.55. The van der Waals surface area contributed by atoms with Gasteiger partial charge in [0.15, 0.2) is 0 Å². The third kappa shape index (κ3) is 3.62. The van der Waals surface area contributed by atoms with E-state index < -0.39 is 10.0 Å². The molecule has 0 radical (unpaired) electrons. The lowest BCUT2D eigenvalue weighted by Gasteiger charge is -2.19. The summed E-state index contributed by atoms with van der Waals surface area (Å²) < 4.78 is 33.0. The van der Waals surface area contributed by atoms with Crippen LogP contribution in [0.2, 0.25) is 0 Å². The standard InChI is InChI=1S/C15H18N2O3S/c16-9-11-1-3-12(4-2-11)10-21(18,19)17-14-7-8-20-15(14)13-5-6-13/h1-4,13-15,17H,5-8,10H2. The van der Waals surface area contributed by atoms with Crippen LogP contribution < -0.4 is 4.72 Å². The van der Waals surface area contributed by atoms with E-state index in [0.29, 0.717) is 23.7 Å². The molecule has 0 bridgehead atoms. The van der Waals surface area contributed by atoms with Crippen molar-refractivity contribution in [3.8, 4) is 6.07 Å². The highest BCUT2D eigenvalue weighted by Gasteiger charge is 2.41. The van der Waals surface area contributed by atoms with E-state index >= 15 is 0 Å². The topological polar surface area (TPSA) is 79.2 Å². The third-order valence-electron chi connectivity index (χ3n) is 3.99. The summed E-state index contributed by atoms with van der Waals surface area (Å²) >= 11 is 0. The Hall–Kier alpha value is -1.42. The van der Waals surface area contributed by atoms with Crippen LogP contribution >= 0.6 is 0 Å². The minimum Gasteiger partial charge on any atom is -0.376 e. The number of hydrogen-bond acceptors (Lipinski definition) is 4. The van der Waals surface area contributed by atoms with Gasteiger partial charge < -0.3 is 4.74 Å². The van der Waals surface area contributed by atoms with Crippen molar-refractivity contribution in [3.05, 3.63) is 35.4 Å². The molecular formula is C15H18N2O3S. The van der Waals surface area contributed by atoms with Gasteiger partial charge in [-0.2, -0.15) is 5.26 Å². The molecule has 2 fully saturated rings. The number of nitrogens with zero attached hydrogens (tertiary/aromatic N) is 1. The van der Waals surface area contributed by atoms with Crippen molar-refractivity contribution in [2.24, 2.45) is 5.92 Å². The third-order valence-corrected chi connectivity index (χ3v) is 5.37. The van der Waals surface area contributed by atoms with E-state index in [4.69, 9.17) is 10.00 Å². The minimum absolute atomic E-state index is 0.0424. The molecule has 1 saturated heterocycles. The van der Waals surface area contributed by atoms with Crippen LogP contribution in [0.25, 0.3) is 0 Å². The molecule has 1 aliphatic carbocycles. The Labute approximate surface area is 125 Å². The zero-order valence-electron chi connectivity index (χ0n) is 11.7. The molecule has 112 valence electrons. The first kappa shape index (κ1) is 14.5. The highest BCUT2D eigenvalue weighted by atomic mass is 32.2. The van der Waals surface area contributed by atoms with Crippen molar-refractivity contribution in [2.75, 3.05) is 6.61 Å². The van der Waals surface area contributed by atoms with Crippen LogP contribution in [0, 0.1) is 17.2 Å². The number of nitriles is 1. The van der Waals surface area contributed by atoms with Crippen molar-refractivity contribution in [1.29, 1.82) is 5.26 Å². The zero-order valence-corrected chi connectivity index (χ0v) is 12.5. The minimum atomic E-state index is -3.39. The smallest absolute Gasteiger partial charge is 0.216 e. The first-order valence-electron chi connectivity index (χ1n) is 7.18. The normalized spacial score (nSPS) is 25.7. The first-order chi connectivity index (χ1) is 10.1. The second-order valence-corrected chi connectivity index (χ2v) is 7.51. The van der Waals surface area contributed by atoms with E-state index in [0.717, 1.165) is 19.3 Å². The molecule has 6 heteroatoms. The molecule has 2 unspecified atom stereocenters. The fourth-order valence-corrected chi connectivity index (χ4v) is 4.22. The van der Waals surface area contributed by atoms with Gasteiger partial charge in [0.1, 0.15) is 0 Å². The average molecular weight is 306 g/mol. The molecule has 0 aromatic heterocycles. The molecule has 2 aliphatic rings. The summed E-state index contributed by atoms with van der Waals surface area (Å²) in [4.78, 5) is 0. The average Bonchev–Trinajstić information content (AvgIpc) is 3.20. The maximum Gasteiger partial charge on any atom is 0.216 e. The van der Waals surface area contributed by atoms with Crippen LogP contribution in [0.15, 0.2) is 24.3 Å². The van der Waals surface area contributed by atoms with Crippen LogP contribution in [0.5, 0.6) is 0 Å². The van der Waals surface area contributed by atoms with Gasteiger partial charge in [-0.1, -0.05) is 12.1 Å². The van der Waals surface area contributed by atoms with Crippen molar-refractivity contribution < 1.29 is 13.2 Å². The highest BCUT2D eigenvalue weighted by molar-refractivity contribution is 7.88. The van der Waals surface area contributed by atoms with E-state index in [1.54, 1.807) is 24.3 Å². The fraction of sp³-hybridized carbons (Fsp3) is 0.533. The van der Waals surface area contributed by atoms with E-state index in [9.17, 15) is 8.42 Å². The summed E-state index contributed by atoms with van der Waals surface area (Å²) in [5.74, 6) is 0.460. The summed E-state index contributed by atoms with van der Waals surface area (Å²) in [6.07, 6.45) is 3.06. The molecule has 1 aromatic carbocycles. The molecule has 1 heterocycles. The molecule has 1 N–H and O–H groups in total. The summed E-state index contributed by atoms with van der Waals surface area (Å²) in [6.45, 7) is 0.630. The van der Waals surface area contributed by atoms with Crippen molar-refractivity contribution in [2.45, 2.75) is 37.2 Å². The van der Waals surface area contributed by atoms with Gasteiger partial charge in [0.2, 0.25) is 10.0 Å².